The second kappa shape index (κ2) is 8.01. The van der Waals surface area contributed by atoms with Gasteiger partial charge in [-0.05, 0) is 50.2 Å². The van der Waals surface area contributed by atoms with Crippen LogP contribution in [0.5, 0.6) is 5.75 Å². The van der Waals surface area contributed by atoms with Gasteiger partial charge in [-0.25, -0.2) is 4.98 Å². The maximum absolute atomic E-state index is 13.5. The van der Waals surface area contributed by atoms with Gasteiger partial charge in [0.05, 0.1) is 29.6 Å². The first-order valence-corrected chi connectivity index (χ1v) is 10.1. The first-order valence-electron chi connectivity index (χ1n) is 9.28. The van der Waals surface area contributed by atoms with Gasteiger partial charge in [0.1, 0.15) is 5.75 Å². The number of pyridine rings is 1. The van der Waals surface area contributed by atoms with E-state index in [9.17, 15) is 4.79 Å². The van der Waals surface area contributed by atoms with Crippen LogP contribution in [-0.2, 0) is 6.54 Å². The molecule has 0 spiro atoms. The molecule has 0 radical (unpaired) electrons. The van der Waals surface area contributed by atoms with Crippen LogP contribution in [-0.4, -0.2) is 23.0 Å². The molecular formula is C23H21N3O2S. The van der Waals surface area contributed by atoms with Crippen LogP contribution in [0, 0.1) is 13.8 Å². The van der Waals surface area contributed by atoms with Crippen molar-refractivity contribution in [3.63, 3.8) is 0 Å². The Balaban J connectivity index is 1.78. The van der Waals surface area contributed by atoms with Crippen molar-refractivity contribution in [1.29, 1.82) is 0 Å². The highest BCUT2D eigenvalue weighted by Gasteiger charge is 2.23. The Morgan fingerprint density at radius 1 is 1.07 bits per heavy atom. The fraction of sp³-hybridized carbons (Fsp3) is 0.174. The zero-order valence-corrected chi connectivity index (χ0v) is 17.4. The summed E-state index contributed by atoms with van der Waals surface area (Å²) in [4.78, 5) is 24.3. The highest BCUT2D eigenvalue weighted by Crippen LogP contribution is 2.32. The first kappa shape index (κ1) is 19.1. The van der Waals surface area contributed by atoms with Gasteiger partial charge in [-0.15, -0.1) is 0 Å². The third kappa shape index (κ3) is 4.12. The van der Waals surface area contributed by atoms with Crippen molar-refractivity contribution in [2.75, 3.05) is 12.0 Å². The van der Waals surface area contributed by atoms with Crippen molar-refractivity contribution in [2.45, 2.75) is 20.4 Å². The second-order valence-corrected chi connectivity index (χ2v) is 7.93. The van der Waals surface area contributed by atoms with Gasteiger partial charge in [0.25, 0.3) is 5.91 Å². The molecule has 0 aliphatic heterocycles. The molecule has 0 saturated heterocycles. The SMILES string of the molecule is COc1ccc2sc(N(Cc3ccccn3)C(=O)c3cc(C)cc(C)c3)nc2c1. The monoisotopic (exact) mass is 403 g/mol. The minimum absolute atomic E-state index is 0.0894. The molecular weight excluding hydrogens is 382 g/mol. The van der Waals surface area contributed by atoms with Crippen LogP contribution in [0.15, 0.2) is 60.8 Å². The number of thiazole rings is 1. The molecule has 5 nitrogen and oxygen atoms in total. The average Bonchev–Trinajstić information content (AvgIpc) is 3.14. The zero-order chi connectivity index (χ0) is 20.4. The van der Waals surface area contributed by atoms with E-state index >= 15 is 0 Å². The Hall–Kier alpha value is -3.25. The van der Waals surface area contributed by atoms with E-state index in [0.29, 0.717) is 17.2 Å². The quantitative estimate of drug-likeness (QED) is 0.462. The number of ether oxygens (including phenoxy) is 1. The summed E-state index contributed by atoms with van der Waals surface area (Å²) in [5.74, 6) is 0.653. The normalized spacial score (nSPS) is 10.9. The lowest BCUT2D eigenvalue weighted by Crippen LogP contribution is -2.30. The Morgan fingerprint density at radius 3 is 2.55 bits per heavy atom. The van der Waals surface area contributed by atoms with Crippen LogP contribution in [0.4, 0.5) is 5.13 Å². The van der Waals surface area contributed by atoms with Crippen LogP contribution < -0.4 is 9.64 Å². The first-order chi connectivity index (χ1) is 14.0. The number of aromatic nitrogens is 2. The number of benzene rings is 2. The lowest BCUT2D eigenvalue weighted by molar-refractivity contribution is 0.0984. The predicted octanol–water partition coefficient (Wildman–Crippen LogP) is 5.16. The number of hydrogen-bond acceptors (Lipinski definition) is 5. The summed E-state index contributed by atoms with van der Waals surface area (Å²) < 4.78 is 6.30. The Morgan fingerprint density at radius 2 is 1.86 bits per heavy atom. The number of amides is 1. The molecule has 2 aromatic carbocycles. The van der Waals surface area contributed by atoms with E-state index in [-0.39, 0.29) is 5.91 Å². The summed E-state index contributed by atoms with van der Waals surface area (Å²) in [5, 5.41) is 0.642. The molecule has 1 amide bonds. The van der Waals surface area contributed by atoms with Gasteiger partial charge in [0, 0.05) is 17.8 Å². The number of methoxy groups -OCH3 is 1. The number of nitrogens with zero attached hydrogens (tertiary/aromatic N) is 3. The fourth-order valence-corrected chi connectivity index (χ4v) is 4.22. The van der Waals surface area contributed by atoms with Crippen LogP contribution in [0.2, 0.25) is 0 Å². The van der Waals surface area contributed by atoms with Crippen LogP contribution >= 0.6 is 11.3 Å². The van der Waals surface area contributed by atoms with E-state index in [2.05, 4.69) is 11.1 Å². The number of carbonyl (C=O) groups is 1. The molecule has 0 saturated carbocycles. The van der Waals surface area contributed by atoms with E-state index in [1.54, 1.807) is 18.2 Å². The molecule has 4 aromatic rings. The number of rotatable bonds is 5. The number of fused-ring (bicyclic) bond motifs is 1. The van der Waals surface area contributed by atoms with E-state index in [1.165, 1.54) is 11.3 Å². The van der Waals surface area contributed by atoms with Crippen LogP contribution in [0.3, 0.4) is 0 Å². The summed E-state index contributed by atoms with van der Waals surface area (Å²) in [6, 6.07) is 17.3. The minimum Gasteiger partial charge on any atom is -0.497 e. The van der Waals surface area contributed by atoms with Crippen molar-refractivity contribution in [3.8, 4) is 5.75 Å². The lowest BCUT2D eigenvalue weighted by atomic mass is 10.1. The van der Waals surface area contributed by atoms with Crippen LogP contribution in [0.1, 0.15) is 27.2 Å². The van der Waals surface area contributed by atoms with Crippen molar-refractivity contribution >= 4 is 32.6 Å². The van der Waals surface area contributed by atoms with E-state index in [4.69, 9.17) is 9.72 Å². The van der Waals surface area contributed by atoms with Crippen molar-refractivity contribution in [3.05, 3.63) is 83.2 Å². The maximum Gasteiger partial charge on any atom is 0.260 e. The molecule has 0 bridgehead atoms. The summed E-state index contributed by atoms with van der Waals surface area (Å²) in [6.45, 7) is 4.34. The van der Waals surface area contributed by atoms with Gasteiger partial charge in [-0.3, -0.25) is 14.7 Å². The Labute approximate surface area is 173 Å². The maximum atomic E-state index is 13.5. The second-order valence-electron chi connectivity index (χ2n) is 6.92. The molecule has 0 aliphatic rings. The summed E-state index contributed by atoms with van der Waals surface area (Å²) in [7, 11) is 1.63. The zero-order valence-electron chi connectivity index (χ0n) is 16.5. The third-order valence-electron chi connectivity index (χ3n) is 4.57. The predicted molar refractivity (Wildman–Crippen MR) is 117 cm³/mol. The van der Waals surface area contributed by atoms with Gasteiger partial charge in [-0.1, -0.05) is 34.6 Å². The van der Waals surface area contributed by atoms with E-state index in [1.807, 2.05) is 62.4 Å². The highest BCUT2D eigenvalue weighted by atomic mass is 32.1. The van der Waals surface area contributed by atoms with Crippen molar-refractivity contribution in [2.24, 2.45) is 0 Å². The van der Waals surface area contributed by atoms with Gasteiger partial charge in [-0.2, -0.15) is 0 Å². The number of aryl methyl sites for hydroxylation is 2. The molecule has 2 aromatic heterocycles. The molecule has 4 rings (SSSR count). The van der Waals surface area contributed by atoms with Gasteiger partial charge in [0.2, 0.25) is 0 Å². The standard InChI is InChI=1S/C23H21N3O2S/c1-15-10-16(2)12-17(11-15)22(27)26(14-18-6-4-5-9-24-18)23-25-20-13-19(28-3)7-8-21(20)29-23/h4-13H,14H2,1-3H3. The largest absolute Gasteiger partial charge is 0.497 e. The summed E-state index contributed by atoms with van der Waals surface area (Å²) >= 11 is 1.49. The van der Waals surface area contributed by atoms with Gasteiger partial charge >= 0.3 is 0 Å². The van der Waals surface area contributed by atoms with Crippen LogP contribution in [0.25, 0.3) is 10.2 Å². The molecule has 29 heavy (non-hydrogen) atoms. The molecule has 2 heterocycles. The van der Waals surface area contributed by atoms with Crippen molar-refractivity contribution in [1.82, 2.24) is 9.97 Å². The highest BCUT2D eigenvalue weighted by molar-refractivity contribution is 7.22. The number of anilines is 1. The Kier molecular flexibility index (Phi) is 5.27. The molecule has 146 valence electrons. The topological polar surface area (TPSA) is 55.3 Å². The van der Waals surface area contributed by atoms with Gasteiger partial charge in [0.15, 0.2) is 5.13 Å². The molecule has 0 N–H and O–H groups in total. The summed E-state index contributed by atoms with van der Waals surface area (Å²) in [6.07, 6.45) is 1.73. The minimum atomic E-state index is -0.0894. The summed E-state index contributed by atoms with van der Waals surface area (Å²) in [5.41, 5.74) is 4.38. The molecule has 0 atom stereocenters. The molecule has 0 unspecified atom stereocenters. The number of hydrogen-bond donors (Lipinski definition) is 0. The van der Waals surface area contributed by atoms with Gasteiger partial charge < -0.3 is 4.74 Å². The molecule has 0 aliphatic carbocycles. The molecule has 0 fully saturated rings. The Bertz CT molecular complexity index is 1150. The number of carbonyl (C=O) groups excluding carboxylic acids is 1. The van der Waals surface area contributed by atoms with Crippen molar-refractivity contribution < 1.29 is 9.53 Å². The third-order valence-corrected chi connectivity index (χ3v) is 5.63. The smallest absolute Gasteiger partial charge is 0.260 e. The van der Waals surface area contributed by atoms with E-state index in [0.717, 1.165) is 32.8 Å². The lowest BCUT2D eigenvalue weighted by Gasteiger charge is -2.20. The fourth-order valence-electron chi connectivity index (χ4n) is 3.27. The average molecular weight is 404 g/mol. The molecule has 6 heteroatoms. The van der Waals surface area contributed by atoms with E-state index < -0.39 is 0 Å².